The SMILES string of the molecule is CC(C)(C)c1ccc(C=NNC(=O)CCc2ccccc2)cc1. The van der Waals surface area contributed by atoms with Crippen LogP contribution >= 0.6 is 0 Å². The number of rotatable bonds is 5. The van der Waals surface area contributed by atoms with E-state index >= 15 is 0 Å². The molecule has 0 radical (unpaired) electrons. The number of nitrogens with zero attached hydrogens (tertiary/aromatic N) is 1. The highest BCUT2D eigenvalue weighted by molar-refractivity contribution is 5.82. The van der Waals surface area contributed by atoms with Crippen molar-refractivity contribution in [3.63, 3.8) is 0 Å². The number of amides is 1. The maximum absolute atomic E-state index is 11.8. The highest BCUT2D eigenvalue weighted by Gasteiger charge is 2.12. The summed E-state index contributed by atoms with van der Waals surface area (Å²) in [5.41, 5.74) is 6.13. The monoisotopic (exact) mass is 308 g/mol. The third kappa shape index (κ3) is 5.70. The first-order valence-corrected chi connectivity index (χ1v) is 7.91. The minimum atomic E-state index is -0.0728. The molecule has 0 saturated carbocycles. The van der Waals surface area contributed by atoms with Gasteiger partial charge in [0.2, 0.25) is 5.91 Å². The number of hydrogen-bond acceptors (Lipinski definition) is 2. The lowest BCUT2D eigenvalue weighted by molar-refractivity contribution is -0.121. The summed E-state index contributed by atoms with van der Waals surface area (Å²) in [5, 5.41) is 4.02. The Morgan fingerprint density at radius 3 is 2.30 bits per heavy atom. The summed E-state index contributed by atoms with van der Waals surface area (Å²) in [6, 6.07) is 18.2. The predicted molar refractivity (Wildman–Crippen MR) is 95.6 cm³/mol. The van der Waals surface area contributed by atoms with Crippen molar-refractivity contribution in [2.75, 3.05) is 0 Å². The van der Waals surface area contributed by atoms with Gasteiger partial charge in [-0.25, -0.2) is 5.43 Å². The zero-order valence-corrected chi connectivity index (χ0v) is 14.0. The summed E-state index contributed by atoms with van der Waals surface area (Å²) in [4.78, 5) is 11.8. The molecule has 3 nitrogen and oxygen atoms in total. The molecule has 1 N–H and O–H groups in total. The van der Waals surface area contributed by atoms with Crippen LogP contribution in [0.15, 0.2) is 59.7 Å². The fraction of sp³-hybridized carbons (Fsp3) is 0.300. The Bertz CT molecular complexity index is 652. The molecule has 23 heavy (non-hydrogen) atoms. The quantitative estimate of drug-likeness (QED) is 0.656. The smallest absolute Gasteiger partial charge is 0.240 e. The minimum Gasteiger partial charge on any atom is -0.273 e. The number of hydrogen-bond donors (Lipinski definition) is 1. The molecule has 0 aliphatic carbocycles. The van der Waals surface area contributed by atoms with E-state index in [1.54, 1.807) is 6.21 Å². The van der Waals surface area contributed by atoms with E-state index in [0.717, 1.165) is 17.5 Å². The van der Waals surface area contributed by atoms with Crippen LogP contribution in [0, 0.1) is 0 Å². The molecule has 3 heteroatoms. The van der Waals surface area contributed by atoms with Crippen LogP contribution in [0.2, 0.25) is 0 Å². The summed E-state index contributed by atoms with van der Waals surface area (Å²) in [5.74, 6) is -0.0728. The van der Waals surface area contributed by atoms with Gasteiger partial charge in [-0.3, -0.25) is 4.79 Å². The van der Waals surface area contributed by atoms with E-state index in [2.05, 4.69) is 43.4 Å². The third-order valence-corrected chi connectivity index (χ3v) is 3.66. The van der Waals surface area contributed by atoms with E-state index in [4.69, 9.17) is 0 Å². The Balaban J connectivity index is 1.80. The van der Waals surface area contributed by atoms with Gasteiger partial charge in [0.25, 0.3) is 0 Å². The van der Waals surface area contributed by atoms with E-state index in [9.17, 15) is 4.79 Å². The van der Waals surface area contributed by atoms with Gasteiger partial charge in [-0.15, -0.1) is 0 Å². The van der Waals surface area contributed by atoms with Gasteiger partial charge in [-0.05, 0) is 28.5 Å². The number of hydrazone groups is 1. The van der Waals surface area contributed by atoms with Crippen molar-refractivity contribution >= 4 is 12.1 Å². The lowest BCUT2D eigenvalue weighted by atomic mass is 9.87. The maximum atomic E-state index is 11.8. The zero-order valence-electron chi connectivity index (χ0n) is 14.0. The molecule has 0 fully saturated rings. The fourth-order valence-corrected chi connectivity index (χ4v) is 2.21. The molecule has 0 aromatic heterocycles. The third-order valence-electron chi connectivity index (χ3n) is 3.66. The van der Waals surface area contributed by atoms with Gasteiger partial charge < -0.3 is 0 Å². The van der Waals surface area contributed by atoms with Gasteiger partial charge in [0.05, 0.1) is 6.21 Å². The van der Waals surface area contributed by atoms with Gasteiger partial charge in [0.15, 0.2) is 0 Å². The van der Waals surface area contributed by atoms with E-state index in [1.165, 1.54) is 5.56 Å². The van der Waals surface area contributed by atoms with Crippen LogP contribution in [-0.2, 0) is 16.6 Å². The second-order valence-corrected chi connectivity index (χ2v) is 6.65. The van der Waals surface area contributed by atoms with Crippen molar-refractivity contribution in [3.05, 3.63) is 71.3 Å². The Kier molecular flexibility index (Phi) is 5.69. The van der Waals surface area contributed by atoms with Gasteiger partial charge in [0, 0.05) is 6.42 Å². The molecule has 120 valence electrons. The molecule has 2 rings (SSSR count). The first-order chi connectivity index (χ1) is 10.9. The number of carbonyl (C=O) groups is 1. The first kappa shape index (κ1) is 16.9. The van der Waals surface area contributed by atoms with Crippen LogP contribution in [-0.4, -0.2) is 12.1 Å². The summed E-state index contributed by atoms with van der Waals surface area (Å²) in [7, 11) is 0. The molecular formula is C20H24N2O. The Hall–Kier alpha value is -2.42. The second kappa shape index (κ2) is 7.73. The number of aryl methyl sites for hydroxylation is 1. The standard InChI is InChI=1S/C20H24N2O/c1-20(2,3)18-12-9-17(10-13-18)15-21-22-19(23)14-11-16-7-5-4-6-8-16/h4-10,12-13,15H,11,14H2,1-3H3,(H,22,23). The van der Waals surface area contributed by atoms with Gasteiger partial charge in [-0.1, -0.05) is 75.4 Å². The summed E-state index contributed by atoms with van der Waals surface area (Å²) >= 11 is 0. The fourth-order valence-electron chi connectivity index (χ4n) is 2.21. The van der Waals surface area contributed by atoms with Crippen molar-refractivity contribution < 1.29 is 4.79 Å². The summed E-state index contributed by atoms with van der Waals surface area (Å²) < 4.78 is 0. The number of carbonyl (C=O) groups excluding carboxylic acids is 1. The normalized spacial score (nSPS) is 11.6. The molecule has 0 aliphatic heterocycles. The molecule has 0 unspecified atom stereocenters. The van der Waals surface area contributed by atoms with Crippen molar-refractivity contribution in [2.45, 2.75) is 39.0 Å². The highest BCUT2D eigenvalue weighted by Crippen LogP contribution is 2.21. The number of benzene rings is 2. The van der Waals surface area contributed by atoms with Crippen LogP contribution in [0.1, 0.15) is 43.9 Å². The van der Waals surface area contributed by atoms with E-state index < -0.39 is 0 Å². The van der Waals surface area contributed by atoms with Crippen molar-refractivity contribution in [2.24, 2.45) is 5.10 Å². The topological polar surface area (TPSA) is 41.5 Å². The molecule has 0 saturated heterocycles. The van der Waals surface area contributed by atoms with Crippen LogP contribution in [0.3, 0.4) is 0 Å². The van der Waals surface area contributed by atoms with Crippen LogP contribution in [0.5, 0.6) is 0 Å². The largest absolute Gasteiger partial charge is 0.273 e. The van der Waals surface area contributed by atoms with Crippen molar-refractivity contribution in [1.29, 1.82) is 0 Å². The molecule has 0 atom stereocenters. The van der Waals surface area contributed by atoms with Crippen molar-refractivity contribution in [3.8, 4) is 0 Å². The average molecular weight is 308 g/mol. The highest BCUT2D eigenvalue weighted by atomic mass is 16.2. The van der Waals surface area contributed by atoms with Crippen molar-refractivity contribution in [1.82, 2.24) is 5.43 Å². The number of nitrogens with one attached hydrogen (secondary N) is 1. The van der Waals surface area contributed by atoms with Gasteiger partial charge in [0.1, 0.15) is 0 Å². The molecule has 0 heterocycles. The first-order valence-electron chi connectivity index (χ1n) is 7.91. The molecule has 0 aliphatic rings. The molecule has 1 amide bonds. The van der Waals surface area contributed by atoms with E-state index in [-0.39, 0.29) is 11.3 Å². The molecule has 0 bridgehead atoms. The zero-order chi connectivity index (χ0) is 16.7. The van der Waals surface area contributed by atoms with Gasteiger partial charge >= 0.3 is 0 Å². The lowest BCUT2D eigenvalue weighted by Crippen LogP contribution is -2.17. The molecule has 0 spiro atoms. The second-order valence-electron chi connectivity index (χ2n) is 6.65. The Labute approximate surface area is 138 Å². The molecule has 2 aromatic carbocycles. The van der Waals surface area contributed by atoms with Crippen LogP contribution in [0.4, 0.5) is 0 Å². The Morgan fingerprint density at radius 2 is 1.70 bits per heavy atom. The summed E-state index contributed by atoms with van der Waals surface area (Å²) in [6.45, 7) is 6.55. The molecule has 2 aromatic rings. The maximum Gasteiger partial charge on any atom is 0.240 e. The van der Waals surface area contributed by atoms with E-state index in [0.29, 0.717) is 6.42 Å². The van der Waals surface area contributed by atoms with Crippen LogP contribution in [0.25, 0.3) is 0 Å². The molecular weight excluding hydrogens is 284 g/mol. The summed E-state index contributed by atoms with van der Waals surface area (Å²) in [6.07, 6.45) is 2.83. The Morgan fingerprint density at radius 1 is 1.04 bits per heavy atom. The van der Waals surface area contributed by atoms with Gasteiger partial charge in [-0.2, -0.15) is 5.10 Å². The van der Waals surface area contributed by atoms with Crippen LogP contribution < -0.4 is 5.43 Å². The van der Waals surface area contributed by atoms with E-state index in [1.807, 2.05) is 42.5 Å². The minimum absolute atomic E-state index is 0.0728. The average Bonchev–Trinajstić information content (AvgIpc) is 2.53. The predicted octanol–water partition coefficient (Wildman–Crippen LogP) is 4.07. The lowest BCUT2D eigenvalue weighted by Gasteiger charge is -2.18.